The average Bonchev–Trinajstić information content (AvgIpc) is 1.52. The van der Waals surface area contributed by atoms with E-state index >= 15 is 0 Å². The standard InChI is InChI=1S/C77H76N4O8/c1-49(51(3)82-5)78(53-13-29-63(84-7)30-14-53)59-25-41-69-71-43-27-61(80(55-17-33-65(86-9)34-18-55)56-19-35-66(87-10)36-20-56)47-75(71)77(73(69)45-59)74-46-60(79(50(2)52(4)83-6)54-15-31-64(85-8)32-16-54)26-42-70(74)72-44-28-62(48-76(72)77)81(57-21-37-67(88-11)38-22-57)58-23-39-68(89-12)40-24-58/h13-52H,1-12H3/t49-,50?,51?,52-,77?/m0/s1. The van der Waals surface area contributed by atoms with Crippen LogP contribution >= 0.6 is 0 Å². The Balaban J connectivity index is 1.20. The molecule has 2 aliphatic carbocycles. The smallest absolute Gasteiger partial charge is 0.119 e. The van der Waals surface area contributed by atoms with Crippen LogP contribution in [0.2, 0.25) is 0 Å². The molecular formula is C77H76N4O8. The summed E-state index contributed by atoms with van der Waals surface area (Å²) in [6.45, 7) is 8.73. The molecule has 452 valence electrons. The molecule has 12 nitrogen and oxygen atoms in total. The van der Waals surface area contributed by atoms with Crippen molar-refractivity contribution in [1.29, 1.82) is 0 Å². The fourth-order valence-electron chi connectivity index (χ4n) is 13.1. The molecule has 89 heavy (non-hydrogen) atoms. The highest BCUT2D eigenvalue weighted by Gasteiger charge is 2.53. The Morgan fingerprint density at radius 2 is 0.449 bits per heavy atom. The molecule has 12 heteroatoms. The Kier molecular flexibility index (Phi) is 16.8. The second-order valence-corrected chi connectivity index (χ2v) is 22.6. The van der Waals surface area contributed by atoms with Gasteiger partial charge in [0.1, 0.15) is 34.5 Å². The van der Waals surface area contributed by atoms with Crippen molar-refractivity contribution in [3.63, 3.8) is 0 Å². The molecule has 2 aliphatic rings. The van der Waals surface area contributed by atoms with Crippen LogP contribution in [-0.4, -0.2) is 81.2 Å². The summed E-state index contributed by atoms with van der Waals surface area (Å²) in [6.07, 6.45) is -0.303. The largest absolute Gasteiger partial charge is 0.497 e. The van der Waals surface area contributed by atoms with Gasteiger partial charge < -0.3 is 57.5 Å². The predicted molar refractivity (Wildman–Crippen MR) is 360 cm³/mol. The summed E-state index contributed by atoms with van der Waals surface area (Å²) in [5.41, 5.74) is 17.9. The lowest BCUT2D eigenvalue weighted by molar-refractivity contribution is 0.100. The first-order chi connectivity index (χ1) is 43.4. The molecule has 0 saturated heterocycles. The van der Waals surface area contributed by atoms with Gasteiger partial charge in [0.15, 0.2) is 0 Å². The van der Waals surface area contributed by atoms with E-state index in [0.717, 1.165) is 136 Å². The lowest BCUT2D eigenvalue weighted by atomic mass is 9.70. The minimum atomic E-state index is -0.965. The summed E-state index contributed by atoms with van der Waals surface area (Å²) >= 11 is 0. The van der Waals surface area contributed by atoms with Crippen LogP contribution in [0.5, 0.6) is 34.5 Å². The summed E-state index contributed by atoms with van der Waals surface area (Å²) in [6, 6.07) is 77.6. The first-order valence-electron chi connectivity index (χ1n) is 30.1. The van der Waals surface area contributed by atoms with Crippen LogP contribution in [0, 0.1) is 0 Å². The monoisotopic (exact) mass is 1180 g/mol. The van der Waals surface area contributed by atoms with E-state index in [1.165, 1.54) is 0 Å². The number of anilines is 10. The van der Waals surface area contributed by atoms with Crippen LogP contribution in [0.3, 0.4) is 0 Å². The van der Waals surface area contributed by atoms with Crippen LogP contribution in [0.4, 0.5) is 56.9 Å². The number of methoxy groups -OCH3 is 8. The number of rotatable bonds is 22. The molecule has 0 bridgehead atoms. The molecule has 3 unspecified atom stereocenters. The van der Waals surface area contributed by atoms with Gasteiger partial charge in [0.05, 0.1) is 72.4 Å². The van der Waals surface area contributed by atoms with Crippen molar-refractivity contribution < 1.29 is 37.9 Å². The number of nitrogens with zero attached hydrogens (tertiary/aromatic N) is 4. The Bertz CT molecular complexity index is 3740. The summed E-state index contributed by atoms with van der Waals surface area (Å²) < 4.78 is 46.8. The summed E-state index contributed by atoms with van der Waals surface area (Å²) in [4.78, 5) is 9.45. The second kappa shape index (κ2) is 25.1. The molecule has 10 aromatic carbocycles. The van der Waals surface area contributed by atoms with Gasteiger partial charge in [0.2, 0.25) is 0 Å². The van der Waals surface area contributed by atoms with Gasteiger partial charge in [-0.05, 0) is 266 Å². The normalized spacial score (nSPS) is 14.7. The highest BCUT2D eigenvalue weighted by molar-refractivity contribution is 5.99. The summed E-state index contributed by atoms with van der Waals surface area (Å²) in [5, 5.41) is 0. The highest BCUT2D eigenvalue weighted by Crippen LogP contribution is 2.65. The Morgan fingerprint density at radius 3 is 0.674 bits per heavy atom. The van der Waals surface area contributed by atoms with E-state index < -0.39 is 5.41 Å². The number of ether oxygens (including phenoxy) is 8. The SMILES string of the molecule is COc1ccc(N(c2ccc(OC)cc2)c2ccc3c(c2)C2(c4cc(N(c5ccc(OC)cc5)c5ccc(OC)cc5)ccc4-c4ccc(N(c5ccc(OC)cc5)[C@@H](C)C(C)OC)cc42)c2cc(N(c4ccc(OC)cc4)C(C)[C@H](C)OC)ccc2-3)cc1. The fourth-order valence-corrected chi connectivity index (χ4v) is 13.1. The van der Waals surface area contributed by atoms with Crippen LogP contribution in [0.1, 0.15) is 49.9 Å². The van der Waals surface area contributed by atoms with Crippen molar-refractivity contribution in [1.82, 2.24) is 0 Å². The van der Waals surface area contributed by atoms with Gasteiger partial charge in [-0.1, -0.05) is 24.3 Å². The van der Waals surface area contributed by atoms with Gasteiger partial charge in [-0.15, -0.1) is 0 Å². The molecular weight excluding hydrogens is 1110 g/mol. The molecule has 0 radical (unpaired) electrons. The first kappa shape index (κ1) is 59.5. The van der Waals surface area contributed by atoms with Crippen molar-refractivity contribution >= 4 is 56.9 Å². The maximum absolute atomic E-state index is 6.18. The van der Waals surface area contributed by atoms with Crippen LogP contribution < -0.4 is 48.0 Å². The molecule has 0 fully saturated rings. The maximum atomic E-state index is 6.18. The lowest BCUT2D eigenvalue weighted by Crippen LogP contribution is -2.38. The Morgan fingerprint density at radius 1 is 0.247 bits per heavy atom. The van der Waals surface area contributed by atoms with Crippen molar-refractivity contribution in [2.75, 3.05) is 76.5 Å². The van der Waals surface area contributed by atoms with E-state index in [-0.39, 0.29) is 24.3 Å². The molecule has 0 heterocycles. The topological polar surface area (TPSA) is 86.8 Å². The summed E-state index contributed by atoms with van der Waals surface area (Å²) in [7, 11) is 13.8. The van der Waals surface area contributed by atoms with E-state index in [1.54, 1.807) is 56.9 Å². The highest BCUT2D eigenvalue weighted by atomic mass is 16.5. The summed E-state index contributed by atoms with van der Waals surface area (Å²) in [5.74, 6) is 4.62. The molecule has 0 N–H and O–H groups in total. The zero-order valence-corrected chi connectivity index (χ0v) is 52.6. The third-order valence-electron chi connectivity index (χ3n) is 18.2. The molecule has 10 aromatic rings. The predicted octanol–water partition coefficient (Wildman–Crippen LogP) is 18.1. The van der Waals surface area contributed by atoms with Crippen LogP contribution in [0.25, 0.3) is 22.3 Å². The lowest BCUT2D eigenvalue weighted by Gasteiger charge is -2.38. The second-order valence-electron chi connectivity index (χ2n) is 22.6. The minimum absolute atomic E-state index is 0.105. The Hall–Kier alpha value is -9.88. The molecule has 1 spiro atoms. The maximum Gasteiger partial charge on any atom is 0.119 e. The van der Waals surface area contributed by atoms with Gasteiger partial charge in [0, 0.05) is 71.1 Å². The average molecular weight is 1190 g/mol. The van der Waals surface area contributed by atoms with E-state index in [0.29, 0.717) is 0 Å². The van der Waals surface area contributed by atoms with Crippen molar-refractivity contribution in [3.8, 4) is 56.8 Å². The van der Waals surface area contributed by atoms with Crippen molar-refractivity contribution in [2.45, 2.75) is 57.4 Å². The minimum Gasteiger partial charge on any atom is -0.497 e. The first-order valence-corrected chi connectivity index (χ1v) is 30.1. The van der Waals surface area contributed by atoms with Gasteiger partial charge in [-0.3, -0.25) is 0 Å². The quantitative estimate of drug-likeness (QED) is 0.0648. The van der Waals surface area contributed by atoms with E-state index in [4.69, 9.17) is 37.9 Å². The van der Waals surface area contributed by atoms with Gasteiger partial charge in [0.25, 0.3) is 0 Å². The Labute approximate surface area is 523 Å². The number of benzene rings is 10. The van der Waals surface area contributed by atoms with Gasteiger partial charge in [-0.25, -0.2) is 0 Å². The number of hydrogen-bond acceptors (Lipinski definition) is 12. The fraction of sp³-hybridized carbons (Fsp3) is 0.221. The van der Waals surface area contributed by atoms with E-state index in [1.807, 2.05) is 72.8 Å². The third kappa shape index (κ3) is 10.7. The zero-order chi connectivity index (χ0) is 62.1. The number of fused-ring (bicyclic) bond motifs is 10. The zero-order valence-electron chi connectivity index (χ0n) is 52.6. The third-order valence-corrected chi connectivity index (χ3v) is 18.2. The molecule has 0 saturated carbocycles. The molecule has 0 aromatic heterocycles. The molecule has 0 amide bonds. The number of hydrogen-bond donors (Lipinski definition) is 0. The molecule has 12 rings (SSSR count). The molecule has 0 aliphatic heterocycles. The van der Waals surface area contributed by atoms with E-state index in [9.17, 15) is 0 Å². The van der Waals surface area contributed by atoms with Crippen LogP contribution in [-0.2, 0) is 14.9 Å². The van der Waals surface area contributed by atoms with Gasteiger partial charge in [-0.2, -0.15) is 0 Å². The molecule has 5 atom stereocenters. The van der Waals surface area contributed by atoms with E-state index in [2.05, 4.69) is 193 Å². The van der Waals surface area contributed by atoms with Crippen molar-refractivity contribution in [2.24, 2.45) is 0 Å². The van der Waals surface area contributed by atoms with Crippen LogP contribution in [0.15, 0.2) is 218 Å². The van der Waals surface area contributed by atoms with Crippen molar-refractivity contribution in [3.05, 3.63) is 241 Å². The van der Waals surface area contributed by atoms with Gasteiger partial charge >= 0.3 is 0 Å².